The number of nitrogens with two attached hydrogens (primary N) is 1. The predicted molar refractivity (Wildman–Crippen MR) is 120 cm³/mol. The summed E-state index contributed by atoms with van der Waals surface area (Å²) in [6.07, 6.45) is 12.6. The van der Waals surface area contributed by atoms with Crippen LogP contribution in [0.2, 0.25) is 0 Å². The Labute approximate surface area is 187 Å². The number of anilines is 1. The highest BCUT2D eigenvalue weighted by Gasteiger charge is 2.07. The fraction of sp³-hybridized carbons (Fsp3) is 0.450. The summed E-state index contributed by atoms with van der Waals surface area (Å²) in [5.41, 5.74) is 9.54. The number of rotatable bonds is 11. The van der Waals surface area contributed by atoms with Crippen LogP contribution in [0.25, 0.3) is 6.08 Å². The first-order chi connectivity index (χ1) is 14.6. The first-order valence-electron chi connectivity index (χ1n) is 9.88. The number of ether oxygens (including phenoxy) is 2. The molecule has 3 aromatic rings. The molecule has 3 rings (SSSR count). The molecule has 10 nitrogen and oxygen atoms in total. The summed E-state index contributed by atoms with van der Waals surface area (Å²) in [5.74, 6) is 0.946. The van der Waals surface area contributed by atoms with E-state index in [1.807, 2.05) is 23.9 Å². The molecule has 0 unspecified atom stereocenters. The molecule has 11 heteroatoms. The highest BCUT2D eigenvalue weighted by molar-refractivity contribution is 5.85. The Kier molecular flexibility index (Phi) is 9.26. The van der Waals surface area contributed by atoms with E-state index >= 15 is 0 Å². The van der Waals surface area contributed by atoms with Crippen molar-refractivity contribution in [1.82, 2.24) is 34.9 Å². The number of aromatic nitrogens is 7. The van der Waals surface area contributed by atoms with Crippen molar-refractivity contribution in [3.8, 4) is 11.9 Å². The van der Waals surface area contributed by atoms with E-state index in [0.29, 0.717) is 18.4 Å². The first-order valence-corrected chi connectivity index (χ1v) is 9.88. The number of allylic oxidation sites excluding steroid dienone is 1. The van der Waals surface area contributed by atoms with Gasteiger partial charge in [0.25, 0.3) is 0 Å². The Morgan fingerprint density at radius 1 is 1.13 bits per heavy atom. The number of halogens is 1. The predicted octanol–water partition coefficient (Wildman–Crippen LogP) is 2.87. The number of hydrogen-bond donors (Lipinski definition) is 2. The monoisotopic (exact) mass is 448 g/mol. The quantitative estimate of drug-likeness (QED) is 0.428. The second-order valence-electron chi connectivity index (χ2n) is 7.07. The minimum atomic E-state index is 0. The van der Waals surface area contributed by atoms with Crippen molar-refractivity contribution in [2.24, 2.45) is 0 Å². The molecule has 0 amide bonds. The molecule has 0 aromatic carbocycles. The molecular weight excluding hydrogens is 420 g/mol. The van der Waals surface area contributed by atoms with Gasteiger partial charge in [-0.15, -0.1) is 17.5 Å². The highest BCUT2D eigenvalue weighted by Crippen LogP contribution is 2.20. The van der Waals surface area contributed by atoms with Crippen molar-refractivity contribution < 1.29 is 9.47 Å². The molecule has 0 atom stereocenters. The Morgan fingerprint density at radius 2 is 1.94 bits per heavy atom. The molecule has 0 aliphatic carbocycles. The number of nitrogens with zero attached hydrogens (tertiary/aromatic N) is 6. The Balaban J connectivity index is 0.00000341. The van der Waals surface area contributed by atoms with Gasteiger partial charge in [0.2, 0.25) is 5.88 Å². The van der Waals surface area contributed by atoms with Crippen LogP contribution in [0.15, 0.2) is 24.2 Å². The van der Waals surface area contributed by atoms with Gasteiger partial charge in [-0.25, -0.2) is 14.6 Å². The fourth-order valence-electron chi connectivity index (χ4n) is 3.12. The van der Waals surface area contributed by atoms with Gasteiger partial charge in [0, 0.05) is 18.1 Å². The van der Waals surface area contributed by atoms with E-state index in [0.717, 1.165) is 54.6 Å². The molecule has 0 saturated heterocycles. The summed E-state index contributed by atoms with van der Waals surface area (Å²) in [7, 11) is 3.09. The van der Waals surface area contributed by atoms with E-state index < -0.39 is 0 Å². The van der Waals surface area contributed by atoms with Gasteiger partial charge >= 0.3 is 6.01 Å². The van der Waals surface area contributed by atoms with Gasteiger partial charge in [-0.2, -0.15) is 4.98 Å². The maximum atomic E-state index is 5.59. The summed E-state index contributed by atoms with van der Waals surface area (Å²) < 4.78 is 12.2. The lowest BCUT2D eigenvalue weighted by atomic mass is 10.1. The number of nitrogens with one attached hydrogen (secondary N) is 1. The number of unbranched alkanes of at least 4 members (excludes halogenated alkanes) is 2. The van der Waals surface area contributed by atoms with Crippen LogP contribution in [0.5, 0.6) is 11.9 Å². The fourth-order valence-corrected chi connectivity index (χ4v) is 3.12. The zero-order valence-electron chi connectivity index (χ0n) is 18.0. The molecule has 168 valence electrons. The average molecular weight is 449 g/mol. The number of aryl methyl sites for hydroxylation is 2. The molecule has 0 bridgehead atoms. The normalized spacial score (nSPS) is 11.3. The lowest BCUT2D eigenvalue weighted by Gasteiger charge is -2.06. The summed E-state index contributed by atoms with van der Waals surface area (Å²) in [6.45, 7) is 2.65. The zero-order valence-corrected chi connectivity index (χ0v) is 18.9. The Hall–Kier alpha value is -3.14. The maximum absolute atomic E-state index is 5.59. The van der Waals surface area contributed by atoms with Crippen LogP contribution >= 0.6 is 12.4 Å². The van der Waals surface area contributed by atoms with Crippen LogP contribution in [0.4, 0.5) is 5.95 Å². The molecule has 3 heterocycles. The molecule has 3 aromatic heterocycles. The van der Waals surface area contributed by atoms with Crippen molar-refractivity contribution in [3.05, 3.63) is 41.1 Å². The minimum Gasteiger partial charge on any atom is -0.480 e. The van der Waals surface area contributed by atoms with Crippen LogP contribution in [0.1, 0.15) is 43.1 Å². The van der Waals surface area contributed by atoms with Crippen molar-refractivity contribution in [3.63, 3.8) is 0 Å². The van der Waals surface area contributed by atoms with Crippen LogP contribution in [-0.4, -0.2) is 49.1 Å². The molecule has 0 saturated carbocycles. The smallest absolute Gasteiger partial charge is 0.319 e. The number of imidazole rings is 1. The van der Waals surface area contributed by atoms with Gasteiger partial charge in [0.15, 0.2) is 5.95 Å². The molecule has 0 aliphatic heterocycles. The van der Waals surface area contributed by atoms with Gasteiger partial charge in [-0.1, -0.05) is 17.2 Å². The van der Waals surface area contributed by atoms with Gasteiger partial charge in [0.1, 0.15) is 0 Å². The summed E-state index contributed by atoms with van der Waals surface area (Å²) >= 11 is 0. The second-order valence-corrected chi connectivity index (χ2v) is 7.07. The molecule has 0 spiro atoms. The first kappa shape index (κ1) is 24.1. The molecule has 31 heavy (non-hydrogen) atoms. The number of aromatic amines is 1. The van der Waals surface area contributed by atoms with Crippen LogP contribution < -0.4 is 15.2 Å². The van der Waals surface area contributed by atoms with E-state index in [4.69, 9.17) is 15.2 Å². The van der Waals surface area contributed by atoms with Crippen molar-refractivity contribution in [2.45, 2.75) is 45.6 Å². The topological polar surface area (TPSA) is 130 Å². The van der Waals surface area contributed by atoms with Crippen molar-refractivity contribution >= 4 is 24.4 Å². The molecule has 0 radical (unpaired) electrons. The SMILES string of the molecule is COc1ncc(/C=C(\C)Cn2cc(CCCCCc3cnc(N)[nH]3)nn2)c(OC)n1.Cl. The summed E-state index contributed by atoms with van der Waals surface area (Å²) in [6, 6.07) is 0.274. The molecule has 3 N–H and O–H groups in total. The van der Waals surface area contributed by atoms with Gasteiger partial charge in [0.05, 0.1) is 38.2 Å². The standard InChI is InChI=1S/C20H28N8O2.ClH/c1-14(9-15-10-23-20(30-3)25-18(15)29-2)12-28-13-17(26-27-28)8-6-4-5-7-16-11-22-19(21)24-16;/h9-11,13H,4-8,12H2,1-3H3,(H3,21,22,24);1H/b14-9+;. The lowest BCUT2D eigenvalue weighted by Crippen LogP contribution is -2.01. The van der Waals surface area contributed by atoms with Crippen LogP contribution in [-0.2, 0) is 19.4 Å². The molecule has 0 fully saturated rings. The largest absolute Gasteiger partial charge is 0.480 e. The van der Waals surface area contributed by atoms with E-state index in [2.05, 4.69) is 30.2 Å². The Bertz CT molecular complexity index is 985. The number of hydrogen-bond acceptors (Lipinski definition) is 8. The molecule has 0 aliphatic rings. The zero-order chi connectivity index (χ0) is 21.3. The third-order valence-corrected chi connectivity index (χ3v) is 4.56. The van der Waals surface area contributed by atoms with Crippen LogP contribution in [0, 0.1) is 0 Å². The number of nitrogen functional groups attached to an aromatic ring is 1. The van der Waals surface area contributed by atoms with Crippen molar-refractivity contribution in [2.75, 3.05) is 20.0 Å². The third kappa shape index (κ3) is 7.25. The van der Waals surface area contributed by atoms with Gasteiger partial charge in [-0.3, -0.25) is 0 Å². The van der Waals surface area contributed by atoms with E-state index in [1.54, 1.807) is 19.5 Å². The second kappa shape index (κ2) is 11.9. The number of methoxy groups -OCH3 is 2. The maximum Gasteiger partial charge on any atom is 0.319 e. The average Bonchev–Trinajstić information content (AvgIpc) is 3.36. The van der Waals surface area contributed by atoms with E-state index in [9.17, 15) is 0 Å². The van der Waals surface area contributed by atoms with Gasteiger partial charge < -0.3 is 20.2 Å². The summed E-state index contributed by atoms with van der Waals surface area (Å²) in [4.78, 5) is 15.4. The third-order valence-electron chi connectivity index (χ3n) is 4.56. The lowest BCUT2D eigenvalue weighted by molar-refractivity contribution is 0.351. The van der Waals surface area contributed by atoms with Gasteiger partial charge in [-0.05, 0) is 38.7 Å². The molecular formula is C20H29ClN8O2. The minimum absolute atomic E-state index is 0. The highest BCUT2D eigenvalue weighted by atomic mass is 35.5. The summed E-state index contributed by atoms with van der Waals surface area (Å²) in [5, 5.41) is 8.51. The number of H-pyrrole nitrogens is 1. The van der Waals surface area contributed by atoms with Crippen molar-refractivity contribution in [1.29, 1.82) is 0 Å². The van der Waals surface area contributed by atoms with Crippen LogP contribution in [0.3, 0.4) is 0 Å². The Morgan fingerprint density at radius 3 is 2.65 bits per heavy atom. The van der Waals surface area contributed by atoms with E-state index in [-0.39, 0.29) is 18.4 Å². The van der Waals surface area contributed by atoms with E-state index in [1.165, 1.54) is 7.11 Å².